The minimum atomic E-state index is -0.539. The average Bonchev–Trinajstić information content (AvgIpc) is 3.04. The minimum Gasteiger partial charge on any atom is -0.483 e. The van der Waals surface area contributed by atoms with Crippen LogP contribution in [0.5, 0.6) is 5.75 Å². The molecule has 1 saturated heterocycles. The van der Waals surface area contributed by atoms with Crippen molar-refractivity contribution in [1.82, 2.24) is 9.88 Å². The Kier molecular flexibility index (Phi) is 7.39. The smallest absolute Gasteiger partial charge is 0.410 e. The van der Waals surface area contributed by atoms with Crippen molar-refractivity contribution in [3.05, 3.63) is 47.7 Å². The molecule has 1 fully saturated rings. The highest BCUT2D eigenvalue weighted by atomic mass is 16.6. The monoisotopic (exact) mass is 455 g/mol. The van der Waals surface area contributed by atoms with Gasteiger partial charge in [-0.1, -0.05) is 24.3 Å². The van der Waals surface area contributed by atoms with Crippen LogP contribution in [0.3, 0.4) is 0 Å². The molecule has 1 aromatic heterocycles. The highest BCUT2D eigenvalue weighted by molar-refractivity contribution is 5.76. The summed E-state index contributed by atoms with van der Waals surface area (Å²) in [6, 6.07) is 8.93. The van der Waals surface area contributed by atoms with E-state index in [-0.39, 0.29) is 12.1 Å². The van der Waals surface area contributed by atoms with E-state index in [1.807, 2.05) is 39.0 Å². The molecule has 1 spiro atoms. The summed E-state index contributed by atoms with van der Waals surface area (Å²) in [7, 11) is 3.25. The van der Waals surface area contributed by atoms with Gasteiger partial charge in [-0.05, 0) is 26.8 Å². The van der Waals surface area contributed by atoms with Gasteiger partial charge in [0.25, 0.3) is 0 Å². The van der Waals surface area contributed by atoms with Crippen LogP contribution in [0.2, 0.25) is 0 Å². The summed E-state index contributed by atoms with van der Waals surface area (Å²) in [5.74, 6) is 0.696. The molecule has 0 bridgehead atoms. The number of amides is 1. The van der Waals surface area contributed by atoms with Gasteiger partial charge in [0.2, 0.25) is 0 Å². The second-order valence-corrected chi connectivity index (χ2v) is 9.37. The molecule has 1 amide bonds. The fourth-order valence-electron chi connectivity index (χ4n) is 4.05. The van der Waals surface area contributed by atoms with E-state index in [1.165, 1.54) is 0 Å². The van der Waals surface area contributed by atoms with Crippen LogP contribution in [0.25, 0.3) is 11.3 Å². The summed E-state index contributed by atoms with van der Waals surface area (Å²) in [5, 5.41) is 0. The first-order valence-corrected chi connectivity index (χ1v) is 11.0. The molecule has 0 saturated carbocycles. The lowest BCUT2D eigenvalue weighted by atomic mass is 9.83. The van der Waals surface area contributed by atoms with Crippen molar-refractivity contribution in [3.63, 3.8) is 0 Å². The first-order valence-electron chi connectivity index (χ1n) is 11.0. The Bertz CT molecular complexity index is 977. The molecule has 2 N–H and O–H groups in total. The number of rotatable bonds is 2. The lowest BCUT2D eigenvalue weighted by molar-refractivity contribution is -0.0183. The van der Waals surface area contributed by atoms with E-state index in [9.17, 15) is 9.59 Å². The summed E-state index contributed by atoms with van der Waals surface area (Å²) < 4.78 is 16.0. The zero-order valence-electron chi connectivity index (χ0n) is 20.0. The second-order valence-electron chi connectivity index (χ2n) is 9.37. The van der Waals surface area contributed by atoms with Crippen LogP contribution in [0.4, 0.5) is 4.79 Å². The van der Waals surface area contributed by atoms with Crippen LogP contribution in [0, 0.1) is 0 Å². The number of nitrogens with zero attached hydrogens (tertiary/aromatic N) is 2. The number of carbonyl (C=O) groups is 2. The van der Waals surface area contributed by atoms with Crippen molar-refractivity contribution in [2.75, 3.05) is 27.3 Å². The molecule has 0 aliphatic carbocycles. The molecule has 2 aliphatic heterocycles. The maximum Gasteiger partial charge on any atom is 0.410 e. The van der Waals surface area contributed by atoms with Crippen molar-refractivity contribution in [3.8, 4) is 17.0 Å². The third-order valence-electron chi connectivity index (χ3n) is 5.72. The number of benzene rings is 1. The van der Waals surface area contributed by atoms with Gasteiger partial charge in [-0.3, -0.25) is 9.78 Å². The Balaban J connectivity index is 0.000000968. The molecule has 1 atom stereocenters. The summed E-state index contributed by atoms with van der Waals surface area (Å²) >= 11 is 0. The number of methoxy groups -OCH3 is 1. The lowest BCUT2D eigenvalue weighted by Gasteiger charge is -2.41. The molecule has 4 rings (SSSR count). The Morgan fingerprint density at radius 3 is 2.36 bits per heavy atom. The standard InChI is InChI=1S/C23H27N3O4.C2H6O/c1-22(2,3)30-21(28)26-10-8-23(9-11-26)20(24)17-12-18(25-13-19(17)29-23)16-6-4-15(14-27)5-7-16;1-3-2/h4-7,12-14,20H,8-11,24H2,1-3H3;1-2H3. The fourth-order valence-corrected chi connectivity index (χ4v) is 4.05. The molecular weight excluding hydrogens is 422 g/mol. The molecule has 2 aliphatic rings. The maximum absolute atomic E-state index is 12.4. The molecule has 178 valence electrons. The van der Waals surface area contributed by atoms with Crippen LogP contribution in [-0.2, 0) is 9.47 Å². The van der Waals surface area contributed by atoms with Crippen molar-refractivity contribution < 1.29 is 23.8 Å². The van der Waals surface area contributed by atoms with Gasteiger partial charge in [-0.2, -0.15) is 0 Å². The second kappa shape index (κ2) is 9.89. The third kappa shape index (κ3) is 5.51. The van der Waals surface area contributed by atoms with Crippen LogP contribution in [-0.4, -0.2) is 60.8 Å². The number of fused-ring (bicyclic) bond motifs is 1. The highest BCUT2D eigenvalue weighted by Gasteiger charge is 2.49. The molecule has 0 radical (unpaired) electrons. The van der Waals surface area contributed by atoms with Gasteiger partial charge >= 0.3 is 6.09 Å². The fraction of sp³-hybridized carbons (Fsp3) is 0.480. The first kappa shape index (κ1) is 24.7. The van der Waals surface area contributed by atoms with Crippen LogP contribution >= 0.6 is 0 Å². The number of carbonyl (C=O) groups excluding carboxylic acids is 2. The normalized spacial score (nSPS) is 18.6. The summed E-state index contributed by atoms with van der Waals surface area (Å²) in [6.45, 7) is 6.65. The molecule has 33 heavy (non-hydrogen) atoms. The number of hydrogen-bond acceptors (Lipinski definition) is 7. The van der Waals surface area contributed by atoms with E-state index in [0.717, 1.165) is 23.1 Å². The highest BCUT2D eigenvalue weighted by Crippen LogP contribution is 2.47. The third-order valence-corrected chi connectivity index (χ3v) is 5.72. The molecule has 3 heterocycles. The number of pyridine rings is 1. The minimum absolute atomic E-state index is 0.302. The van der Waals surface area contributed by atoms with Crippen LogP contribution in [0.15, 0.2) is 36.5 Å². The Morgan fingerprint density at radius 2 is 1.82 bits per heavy atom. The first-order chi connectivity index (χ1) is 15.6. The lowest BCUT2D eigenvalue weighted by Crippen LogP contribution is -2.53. The topological polar surface area (TPSA) is 104 Å². The Hall–Kier alpha value is -2.97. The Labute approximate surface area is 195 Å². The number of hydrogen-bond donors (Lipinski definition) is 1. The number of piperidine rings is 1. The number of likely N-dealkylation sites (tertiary alicyclic amines) is 1. The van der Waals surface area contributed by atoms with Crippen molar-refractivity contribution in [1.29, 1.82) is 0 Å². The summed E-state index contributed by atoms with van der Waals surface area (Å²) in [4.78, 5) is 29.5. The summed E-state index contributed by atoms with van der Waals surface area (Å²) in [6.07, 6.45) is 3.49. The quantitative estimate of drug-likeness (QED) is 0.683. The van der Waals surface area contributed by atoms with Crippen molar-refractivity contribution in [2.45, 2.75) is 50.9 Å². The molecule has 1 unspecified atom stereocenters. The number of aromatic nitrogens is 1. The van der Waals surface area contributed by atoms with E-state index in [2.05, 4.69) is 9.72 Å². The van der Waals surface area contributed by atoms with Gasteiger partial charge in [-0.15, -0.1) is 0 Å². The van der Waals surface area contributed by atoms with Crippen LogP contribution in [0.1, 0.15) is 55.6 Å². The summed E-state index contributed by atoms with van der Waals surface area (Å²) in [5.41, 5.74) is 8.82. The maximum atomic E-state index is 12.4. The number of nitrogens with two attached hydrogens (primary N) is 1. The largest absolute Gasteiger partial charge is 0.483 e. The zero-order valence-corrected chi connectivity index (χ0v) is 20.0. The number of ether oxygens (including phenoxy) is 3. The molecule has 2 aromatic rings. The van der Waals surface area contributed by atoms with E-state index >= 15 is 0 Å². The van der Waals surface area contributed by atoms with Gasteiger partial charge in [0.15, 0.2) is 0 Å². The zero-order chi connectivity index (χ0) is 24.2. The van der Waals surface area contributed by atoms with Gasteiger partial charge in [0, 0.05) is 56.8 Å². The molecule has 1 aromatic carbocycles. The average molecular weight is 456 g/mol. The van der Waals surface area contributed by atoms with Gasteiger partial charge in [0.05, 0.1) is 17.9 Å². The molecular formula is C25H33N3O5. The predicted molar refractivity (Wildman–Crippen MR) is 125 cm³/mol. The van der Waals surface area contributed by atoms with E-state index in [0.29, 0.717) is 37.2 Å². The Morgan fingerprint density at radius 1 is 1.21 bits per heavy atom. The SMILES string of the molecule is CC(C)(C)OC(=O)N1CCC2(CC1)Oc1cnc(-c3ccc(C=O)cc3)cc1C2N.COC. The van der Waals surface area contributed by atoms with E-state index in [1.54, 1.807) is 37.4 Å². The van der Waals surface area contributed by atoms with E-state index in [4.69, 9.17) is 15.2 Å². The number of aldehydes is 1. The van der Waals surface area contributed by atoms with Gasteiger partial charge in [0.1, 0.15) is 23.2 Å². The van der Waals surface area contributed by atoms with E-state index < -0.39 is 11.2 Å². The van der Waals surface area contributed by atoms with Crippen molar-refractivity contribution in [2.24, 2.45) is 5.73 Å². The molecule has 8 heteroatoms. The molecule has 8 nitrogen and oxygen atoms in total. The van der Waals surface area contributed by atoms with Crippen LogP contribution < -0.4 is 10.5 Å². The van der Waals surface area contributed by atoms with Gasteiger partial charge in [-0.25, -0.2) is 4.79 Å². The predicted octanol–water partition coefficient (Wildman–Crippen LogP) is 3.99. The van der Waals surface area contributed by atoms with Crippen molar-refractivity contribution >= 4 is 12.4 Å². The van der Waals surface area contributed by atoms with Gasteiger partial charge < -0.3 is 24.8 Å².